The van der Waals surface area contributed by atoms with Crippen molar-refractivity contribution < 1.29 is 9.53 Å². The summed E-state index contributed by atoms with van der Waals surface area (Å²) in [5.74, 6) is 1.50. The molecule has 1 aliphatic rings. The monoisotopic (exact) mass is 247 g/mol. The second-order valence-electron chi connectivity index (χ2n) is 4.99. The molecule has 0 aliphatic carbocycles. The van der Waals surface area contributed by atoms with E-state index in [1.165, 1.54) is 5.56 Å². The van der Waals surface area contributed by atoms with E-state index in [0.717, 1.165) is 18.6 Å². The number of para-hydroxylation sites is 1. The first-order chi connectivity index (χ1) is 8.70. The fourth-order valence-electron chi connectivity index (χ4n) is 2.42. The molecule has 2 atom stereocenters. The number of ether oxygens (including phenoxy) is 1. The minimum atomic E-state index is 0.00702. The van der Waals surface area contributed by atoms with Crippen LogP contribution in [0.1, 0.15) is 44.1 Å². The quantitative estimate of drug-likeness (QED) is 0.870. The molecule has 0 bridgehead atoms. The first kappa shape index (κ1) is 13.1. The minimum Gasteiger partial charge on any atom is -0.493 e. The van der Waals surface area contributed by atoms with Crippen molar-refractivity contribution in [1.82, 2.24) is 0 Å². The van der Waals surface area contributed by atoms with Crippen LogP contribution in [0.5, 0.6) is 5.75 Å². The summed E-state index contributed by atoms with van der Waals surface area (Å²) in [6, 6.07) is 8.02. The molecular weight excluding hydrogens is 226 g/mol. The molecule has 1 aromatic rings. The van der Waals surface area contributed by atoms with Gasteiger partial charge in [-0.15, -0.1) is 0 Å². The number of rotatable bonds is 5. The van der Waals surface area contributed by atoms with Crippen LogP contribution in [0.15, 0.2) is 24.3 Å². The zero-order valence-electron chi connectivity index (χ0n) is 10.9. The maximum Gasteiger partial charge on any atom is 0.135 e. The Bertz CT molecular complexity index is 417. The number of carbonyl (C=O) groups is 1. The van der Waals surface area contributed by atoms with Crippen molar-refractivity contribution in [2.45, 2.75) is 44.6 Å². The highest BCUT2D eigenvalue weighted by atomic mass is 16.5. The number of ketones is 1. The Morgan fingerprint density at radius 1 is 1.50 bits per heavy atom. The number of carbonyl (C=O) groups excluding carboxylic acids is 1. The van der Waals surface area contributed by atoms with Gasteiger partial charge in [-0.1, -0.05) is 25.1 Å². The molecule has 98 valence electrons. The third-order valence-electron chi connectivity index (χ3n) is 3.57. The largest absolute Gasteiger partial charge is 0.493 e. The highest BCUT2D eigenvalue weighted by Crippen LogP contribution is 2.35. The van der Waals surface area contributed by atoms with Gasteiger partial charge in [0.15, 0.2) is 0 Å². The SMILES string of the molecule is CCC(N)CC(=O)CC1CCOc2ccccc21. The van der Waals surface area contributed by atoms with Crippen molar-refractivity contribution in [1.29, 1.82) is 0 Å². The van der Waals surface area contributed by atoms with Crippen LogP contribution in [0, 0.1) is 0 Å². The van der Waals surface area contributed by atoms with Crippen molar-refractivity contribution in [3.05, 3.63) is 29.8 Å². The number of Topliss-reactive ketones (excluding diaryl/α,β-unsaturated/α-hetero) is 1. The molecule has 0 saturated carbocycles. The van der Waals surface area contributed by atoms with Crippen LogP contribution in [0.25, 0.3) is 0 Å². The Hall–Kier alpha value is -1.35. The van der Waals surface area contributed by atoms with Crippen molar-refractivity contribution in [3.8, 4) is 5.75 Å². The molecule has 1 heterocycles. The molecule has 2 unspecified atom stereocenters. The highest BCUT2D eigenvalue weighted by Gasteiger charge is 2.23. The fraction of sp³-hybridized carbons (Fsp3) is 0.533. The van der Waals surface area contributed by atoms with Gasteiger partial charge in [0.05, 0.1) is 6.61 Å². The molecule has 2 rings (SSSR count). The van der Waals surface area contributed by atoms with Gasteiger partial charge in [0.1, 0.15) is 11.5 Å². The Labute approximate surface area is 108 Å². The first-order valence-corrected chi connectivity index (χ1v) is 6.69. The molecule has 0 spiro atoms. The second-order valence-corrected chi connectivity index (χ2v) is 4.99. The van der Waals surface area contributed by atoms with Gasteiger partial charge in [-0.25, -0.2) is 0 Å². The molecule has 0 amide bonds. The lowest BCUT2D eigenvalue weighted by Gasteiger charge is -2.25. The van der Waals surface area contributed by atoms with E-state index >= 15 is 0 Å². The van der Waals surface area contributed by atoms with Crippen molar-refractivity contribution in [2.75, 3.05) is 6.61 Å². The van der Waals surface area contributed by atoms with Gasteiger partial charge in [0.2, 0.25) is 0 Å². The van der Waals surface area contributed by atoms with Gasteiger partial charge in [-0.3, -0.25) is 4.79 Å². The third-order valence-corrected chi connectivity index (χ3v) is 3.57. The zero-order valence-corrected chi connectivity index (χ0v) is 10.9. The average molecular weight is 247 g/mol. The topological polar surface area (TPSA) is 52.3 Å². The number of fused-ring (bicyclic) bond motifs is 1. The molecule has 2 N–H and O–H groups in total. The molecule has 0 fully saturated rings. The molecule has 1 aromatic carbocycles. The van der Waals surface area contributed by atoms with Crippen LogP contribution < -0.4 is 10.5 Å². The van der Waals surface area contributed by atoms with E-state index in [9.17, 15) is 4.79 Å². The van der Waals surface area contributed by atoms with Crippen LogP contribution >= 0.6 is 0 Å². The normalized spacial score (nSPS) is 19.8. The first-order valence-electron chi connectivity index (χ1n) is 6.69. The third kappa shape index (κ3) is 3.10. The van der Waals surface area contributed by atoms with Gasteiger partial charge in [-0.05, 0) is 30.4 Å². The van der Waals surface area contributed by atoms with Crippen LogP contribution in [-0.2, 0) is 4.79 Å². The molecule has 1 aliphatic heterocycles. The summed E-state index contributed by atoms with van der Waals surface area (Å²) in [4.78, 5) is 12.0. The Morgan fingerprint density at radius 2 is 2.28 bits per heavy atom. The number of benzene rings is 1. The maximum absolute atomic E-state index is 12.0. The van der Waals surface area contributed by atoms with Crippen LogP contribution in [0.4, 0.5) is 0 Å². The predicted octanol–water partition coefficient (Wildman–Crippen LogP) is 2.64. The summed E-state index contributed by atoms with van der Waals surface area (Å²) >= 11 is 0. The summed E-state index contributed by atoms with van der Waals surface area (Å²) in [5.41, 5.74) is 7.00. The van der Waals surface area contributed by atoms with Crippen molar-refractivity contribution >= 4 is 5.78 Å². The lowest BCUT2D eigenvalue weighted by molar-refractivity contribution is -0.119. The van der Waals surface area contributed by atoms with Gasteiger partial charge in [-0.2, -0.15) is 0 Å². The molecule has 0 saturated heterocycles. The summed E-state index contributed by atoms with van der Waals surface area (Å²) in [6.45, 7) is 2.72. The highest BCUT2D eigenvalue weighted by molar-refractivity contribution is 5.80. The predicted molar refractivity (Wildman–Crippen MR) is 71.8 cm³/mol. The van der Waals surface area contributed by atoms with Crippen molar-refractivity contribution in [3.63, 3.8) is 0 Å². The zero-order chi connectivity index (χ0) is 13.0. The summed E-state index contributed by atoms with van der Waals surface area (Å²) < 4.78 is 5.60. The van der Waals surface area contributed by atoms with Gasteiger partial charge in [0, 0.05) is 18.9 Å². The van der Waals surface area contributed by atoms with E-state index in [0.29, 0.717) is 25.4 Å². The number of hydrogen-bond acceptors (Lipinski definition) is 3. The van der Waals surface area contributed by atoms with Crippen molar-refractivity contribution in [2.24, 2.45) is 5.73 Å². The molecule has 0 aromatic heterocycles. The minimum absolute atomic E-state index is 0.00702. The molecule has 3 nitrogen and oxygen atoms in total. The van der Waals surface area contributed by atoms with Gasteiger partial charge in [0.25, 0.3) is 0 Å². The second kappa shape index (κ2) is 6.01. The molecule has 0 radical (unpaired) electrons. The standard InChI is InChI=1S/C15H21NO2/c1-2-12(16)10-13(17)9-11-7-8-18-15-6-4-3-5-14(11)15/h3-6,11-12H,2,7-10,16H2,1H3. The summed E-state index contributed by atoms with van der Waals surface area (Å²) in [7, 11) is 0. The lowest BCUT2D eigenvalue weighted by Crippen LogP contribution is -2.24. The van der Waals surface area contributed by atoms with Gasteiger partial charge >= 0.3 is 0 Å². The maximum atomic E-state index is 12.0. The Morgan fingerprint density at radius 3 is 3.06 bits per heavy atom. The van der Waals surface area contributed by atoms with E-state index in [1.807, 2.05) is 25.1 Å². The van der Waals surface area contributed by atoms with E-state index in [2.05, 4.69) is 6.07 Å². The summed E-state index contributed by atoms with van der Waals surface area (Å²) in [5, 5.41) is 0. The van der Waals surface area contributed by atoms with Crippen LogP contribution in [0.3, 0.4) is 0 Å². The van der Waals surface area contributed by atoms with E-state index in [-0.39, 0.29) is 11.8 Å². The van der Waals surface area contributed by atoms with E-state index in [1.54, 1.807) is 0 Å². The lowest BCUT2D eigenvalue weighted by atomic mass is 9.87. The molecule has 18 heavy (non-hydrogen) atoms. The fourth-order valence-corrected chi connectivity index (χ4v) is 2.42. The number of hydrogen-bond donors (Lipinski definition) is 1. The van der Waals surface area contributed by atoms with E-state index in [4.69, 9.17) is 10.5 Å². The summed E-state index contributed by atoms with van der Waals surface area (Å²) in [6.07, 6.45) is 2.87. The van der Waals surface area contributed by atoms with E-state index < -0.39 is 0 Å². The smallest absolute Gasteiger partial charge is 0.135 e. The molecule has 3 heteroatoms. The Kier molecular flexibility index (Phi) is 4.37. The van der Waals surface area contributed by atoms with Gasteiger partial charge < -0.3 is 10.5 Å². The molecular formula is C15H21NO2. The average Bonchev–Trinajstić information content (AvgIpc) is 2.39. The van der Waals surface area contributed by atoms with Crippen LogP contribution in [-0.4, -0.2) is 18.4 Å². The van der Waals surface area contributed by atoms with Crippen LogP contribution in [0.2, 0.25) is 0 Å². The Balaban J connectivity index is 2.01. The number of nitrogens with two attached hydrogens (primary N) is 1.